The third-order valence-electron chi connectivity index (χ3n) is 3.19. The molecule has 0 aliphatic carbocycles. The first-order valence-electron chi connectivity index (χ1n) is 5.80. The molecule has 0 aromatic heterocycles. The van der Waals surface area contributed by atoms with Crippen molar-refractivity contribution in [2.75, 3.05) is 0 Å². The number of fused-ring (bicyclic) bond motifs is 1. The molecular formula is C15H14O2. The highest BCUT2D eigenvalue weighted by Gasteiger charge is 2.29. The van der Waals surface area contributed by atoms with Gasteiger partial charge < -0.3 is 9.84 Å². The number of aliphatic hydroxyl groups excluding tert-OH is 1. The molecule has 0 spiro atoms. The quantitative estimate of drug-likeness (QED) is 0.809. The molecule has 0 radical (unpaired) electrons. The maximum Gasteiger partial charge on any atom is 0.126 e. The fourth-order valence-electron chi connectivity index (χ4n) is 2.21. The van der Waals surface area contributed by atoms with Gasteiger partial charge in [-0.1, -0.05) is 36.4 Å². The highest BCUT2D eigenvalue weighted by atomic mass is 16.5. The van der Waals surface area contributed by atoms with Crippen molar-refractivity contribution >= 4 is 0 Å². The van der Waals surface area contributed by atoms with Gasteiger partial charge in [0.2, 0.25) is 0 Å². The van der Waals surface area contributed by atoms with E-state index in [2.05, 4.69) is 12.1 Å². The first-order valence-corrected chi connectivity index (χ1v) is 5.80. The largest absolute Gasteiger partial charge is 0.487 e. The van der Waals surface area contributed by atoms with Crippen LogP contribution in [0.3, 0.4) is 0 Å². The van der Waals surface area contributed by atoms with Crippen LogP contribution in [0.15, 0.2) is 48.5 Å². The van der Waals surface area contributed by atoms with Crippen LogP contribution in [0, 0.1) is 0 Å². The third-order valence-corrected chi connectivity index (χ3v) is 3.19. The molecule has 17 heavy (non-hydrogen) atoms. The van der Waals surface area contributed by atoms with E-state index in [-0.39, 0.29) is 6.10 Å². The maximum atomic E-state index is 10.00. The van der Waals surface area contributed by atoms with Crippen LogP contribution in [0.2, 0.25) is 0 Å². The normalized spacial score (nSPS) is 22.0. The van der Waals surface area contributed by atoms with Crippen molar-refractivity contribution in [1.82, 2.24) is 0 Å². The highest BCUT2D eigenvalue weighted by Crippen LogP contribution is 2.38. The Kier molecular flexibility index (Phi) is 2.37. The van der Waals surface area contributed by atoms with Crippen LogP contribution in [-0.2, 0) is 0 Å². The minimum atomic E-state index is -0.520. The van der Waals surface area contributed by atoms with Crippen molar-refractivity contribution in [3.8, 4) is 16.9 Å². The summed E-state index contributed by atoms with van der Waals surface area (Å²) in [7, 11) is 0. The van der Waals surface area contributed by atoms with Crippen LogP contribution in [-0.4, -0.2) is 11.2 Å². The van der Waals surface area contributed by atoms with Gasteiger partial charge in [-0.15, -0.1) is 0 Å². The van der Waals surface area contributed by atoms with E-state index in [1.54, 1.807) is 0 Å². The van der Waals surface area contributed by atoms with E-state index in [0.29, 0.717) is 0 Å². The summed E-state index contributed by atoms with van der Waals surface area (Å²) in [6.07, 6.45) is -0.676. The van der Waals surface area contributed by atoms with Crippen molar-refractivity contribution in [3.05, 3.63) is 54.1 Å². The zero-order chi connectivity index (χ0) is 11.8. The van der Waals surface area contributed by atoms with Gasteiger partial charge in [-0.2, -0.15) is 0 Å². The predicted molar refractivity (Wildman–Crippen MR) is 66.9 cm³/mol. The molecule has 0 saturated carbocycles. The van der Waals surface area contributed by atoms with Gasteiger partial charge in [-0.05, 0) is 30.2 Å². The second kappa shape index (κ2) is 3.90. The molecule has 0 amide bonds. The second-order valence-corrected chi connectivity index (χ2v) is 4.39. The monoisotopic (exact) mass is 226 g/mol. The Morgan fingerprint density at radius 3 is 2.53 bits per heavy atom. The van der Waals surface area contributed by atoms with Crippen LogP contribution < -0.4 is 4.74 Å². The van der Waals surface area contributed by atoms with Gasteiger partial charge in [0.1, 0.15) is 18.0 Å². The summed E-state index contributed by atoms with van der Waals surface area (Å²) in [6, 6.07) is 16.1. The van der Waals surface area contributed by atoms with Crippen LogP contribution in [0.5, 0.6) is 5.75 Å². The summed E-state index contributed by atoms with van der Waals surface area (Å²) >= 11 is 0. The van der Waals surface area contributed by atoms with Gasteiger partial charge in [0.15, 0.2) is 0 Å². The highest BCUT2D eigenvalue weighted by molar-refractivity contribution is 5.66. The van der Waals surface area contributed by atoms with Crippen molar-refractivity contribution in [3.63, 3.8) is 0 Å². The molecule has 3 rings (SSSR count). The standard InChI is InChI=1S/C15H14O2/c1-10-15(16)13-9-12(7-8-14(13)17-10)11-5-3-2-4-6-11/h2-10,15-16H,1H3. The first-order chi connectivity index (χ1) is 8.25. The molecule has 0 saturated heterocycles. The molecular weight excluding hydrogens is 212 g/mol. The first kappa shape index (κ1) is 10.4. The molecule has 0 fully saturated rings. The number of benzene rings is 2. The lowest BCUT2D eigenvalue weighted by Crippen LogP contribution is -2.12. The Bertz CT molecular complexity index is 534. The summed E-state index contributed by atoms with van der Waals surface area (Å²) in [4.78, 5) is 0. The summed E-state index contributed by atoms with van der Waals surface area (Å²) in [5, 5.41) is 10.00. The van der Waals surface area contributed by atoms with E-state index >= 15 is 0 Å². The van der Waals surface area contributed by atoms with Crippen LogP contribution in [0.25, 0.3) is 11.1 Å². The fourth-order valence-corrected chi connectivity index (χ4v) is 2.21. The fraction of sp³-hybridized carbons (Fsp3) is 0.200. The maximum absolute atomic E-state index is 10.00. The summed E-state index contributed by atoms with van der Waals surface area (Å²) < 4.78 is 5.56. The smallest absolute Gasteiger partial charge is 0.126 e. The topological polar surface area (TPSA) is 29.5 Å². The lowest BCUT2D eigenvalue weighted by Gasteiger charge is -2.06. The Balaban J connectivity index is 2.06. The molecule has 86 valence electrons. The molecule has 1 aliphatic heterocycles. The second-order valence-electron chi connectivity index (χ2n) is 4.39. The summed E-state index contributed by atoms with van der Waals surface area (Å²) in [5.74, 6) is 0.796. The van der Waals surface area contributed by atoms with E-state index in [1.165, 1.54) is 0 Å². The lowest BCUT2D eigenvalue weighted by molar-refractivity contribution is 0.0796. The SMILES string of the molecule is CC1Oc2ccc(-c3ccccc3)cc2C1O. The predicted octanol–water partition coefficient (Wildman–Crippen LogP) is 3.17. The van der Waals surface area contributed by atoms with Gasteiger partial charge >= 0.3 is 0 Å². The molecule has 1 N–H and O–H groups in total. The average Bonchev–Trinajstić information content (AvgIpc) is 2.66. The van der Waals surface area contributed by atoms with E-state index in [9.17, 15) is 5.11 Å². The Hall–Kier alpha value is -1.80. The van der Waals surface area contributed by atoms with Crippen molar-refractivity contribution in [1.29, 1.82) is 0 Å². The molecule has 2 nitrogen and oxygen atoms in total. The van der Waals surface area contributed by atoms with Crippen LogP contribution >= 0.6 is 0 Å². The van der Waals surface area contributed by atoms with Gasteiger partial charge in [0.25, 0.3) is 0 Å². The van der Waals surface area contributed by atoms with Crippen molar-refractivity contribution in [2.24, 2.45) is 0 Å². The van der Waals surface area contributed by atoms with Crippen LogP contribution in [0.1, 0.15) is 18.6 Å². The minimum absolute atomic E-state index is 0.156. The molecule has 1 aliphatic rings. The van der Waals surface area contributed by atoms with Gasteiger partial charge in [0.05, 0.1) is 0 Å². The lowest BCUT2D eigenvalue weighted by atomic mass is 10.00. The molecule has 2 aromatic carbocycles. The average molecular weight is 226 g/mol. The molecule has 2 heteroatoms. The van der Waals surface area contributed by atoms with Gasteiger partial charge in [-0.3, -0.25) is 0 Å². The Morgan fingerprint density at radius 1 is 1.00 bits per heavy atom. The summed E-state index contributed by atoms with van der Waals surface area (Å²) in [6.45, 7) is 1.88. The summed E-state index contributed by atoms with van der Waals surface area (Å²) in [5.41, 5.74) is 3.15. The van der Waals surface area contributed by atoms with Crippen molar-refractivity contribution in [2.45, 2.75) is 19.1 Å². The molecule has 0 bridgehead atoms. The number of hydrogen-bond donors (Lipinski definition) is 1. The zero-order valence-electron chi connectivity index (χ0n) is 9.63. The van der Waals surface area contributed by atoms with E-state index < -0.39 is 6.10 Å². The third kappa shape index (κ3) is 1.71. The molecule has 2 atom stereocenters. The Morgan fingerprint density at radius 2 is 1.76 bits per heavy atom. The van der Waals surface area contributed by atoms with E-state index in [0.717, 1.165) is 22.4 Å². The van der Waals surface area contributed by atoms with Crippen LogP contribution in [0.4, 0.5) is 0 Å². The van der Waals surface area contributed by atoms with Crippen molar-refractivity contribution < 1.29 is 9.84 Å². The molecule has 2 unspecified atom stereocenters. The Labute approximate surface area is 100 Å². The van der Waals surface area contributed by atoms with E-state index in [4.69, 9.17) is 4.74 Å². The van der Waals surface area contributed by atoms with Gasteiger partial charge in [-0.25, -0.2) is 0 Å². The number of aliphatic hydroxyl groups is 1. The van der Waals surface area contributed by atoms with E-state index in [1.807, 2.05) is 43.3 Å². The number of hydrogen-bond acceptors (Lipinski definition) is 2. The number of rotatable bonds is 1. The van der Waals surface area contributed by atoms with Gasteiger partial charge in [0, 0.05) is 5.56 Å². The zero-order valence-corrected chi connectivity index (χ0v) is 9.63. The molecule has 2 aromatic rings. The molecule has 1 heterocycles. The minimum Gasteiger partial charge on any atom is -0.487 e. The number of ether oxygens (including phenoxy) is 1.